The summed E-state index contributed by atoms with van der Waals surface area (Å²) in [4.78, 5) is 0. The lowest BCUT2D eigenvalue weighted by atomic mass is 10.1. The van der Waals surface area contributed by atoms with Gasteiger partial charge in [-0.2, -0.15) is 4.57 Å². The summed E-state index contributed by atoms with van der Waals surface area (Å²) >= 11 is 0. The Labute approximate surface area is 268 Å². The summed E-state index contributed by atoms with van der Waals surface area (Å²) in [7, 11) is -0.562. The molecule has 4 heteroatoms. The molecule has 6 aromatic rings. The molecule has 0 saturated heterocycles. The topological polar surface area (TPSA) is 22.3 Å². The Hall–Kier alpha value is -4.93. The summed E-state index contributed by atoms with van der Waals surface area (Å²) < 4.78 is 15.5. The number of nitrogens with zero attached hydrogens (tertiary/aromatic N) is 1. The summed E-state index contributed by atoms with van der Waals surface area (Å²) in [5, 5.41) is 3.67. The first-order valence-corrected chi connectivity index (χ1v) is 17.4. The zero-order valence-electron chi connectivity index (χ0n) is 26.5. The minimum Gasteiger partial charge on any atom is -0.534 e. The lowest BCUT2D eigenvalue weighted by molar-refractivity contribution is -0.646. The van der Waals surface area contributed by atoms with Crippen molar-refractivity contribution in [3.63, 3.8) is 0 Å². The van der Waals surface area contributed by atoms with Gasteiger partial charge in [0, 0.05) is 23.6 Å². The molecule has 0 fully saturated rings. The van der Waals surface area contributed by atoms with Crippen molar-refractivity contribution in [3.8, 4) is 11.5 Å². The van der Waals surface area contributed by atoms with Crippen molar-refractivity contribution in [1.82, 2.24) is 0 Å². The van der Waals surface area contributed by atoms with Gasteiger partial charge in [0.05, 0.1) is 0 Å². The van der Waals surface area contributed by atoms with E-state index in [9.17, 15) is 0 Å². The minimum atomic E-state index is -2.67. The molecule has 1 heterocycles. The van der Waals surface area contributed by atoms with Gasteiger partial charge >= 0.3 is 8.32 Å². The van der Waals surface area contributed by atoms with Crippen LogP contribution in [0.15, 0.2) is 146 Å². The van der Waals surface area contributed by atoms with E-state index in [1.807, 2.05) is 12.1 Å². The fourth-order valence-electron chi connectivity index (χ4n) is 6.03. The number of para-hydroxylation sites is 1. The van der Waals surface area contributed by atoms with Crippen LogP contribution in [0.25, 0.3) is 23.1 Å². The smallest absolute Gasteiger partial charge is 0.319 e. The molecule has 0 N–H and O–H groups in total. The fraction of sp³-hybridized carbons (Fsp3) is 0.146. The molecular formula is C41H40NO2Si+. The predicted molar refractivity (Wildman–Crippen MR) is 190 cm³/mol. The molecule has 3 nitrogen and oxygen atoms in total. The fourth-order valence-corrected chi connectivity index (χ4v) is 10.5. The molecular weight excluding hydrogens is 567 g/mol. The van der Waals surface area contributed by atoms with E-state index in [-0.39, 0.29) is 5.04 Å². The number of aryl methyl sites for hydroxylation is 1. The van der Waals surface area contributed by atoms with Gasteiger partial charge in [-0.1, -0.05) is 118 Å². The van der Waals surface area contributed by atoms with Crippen LogP contribution in [0.5, 0.6) is 11.5 Å². The maximum absolute atomic E-state index is 7.14. The van der Waals surface area contributed by atoms with Gasteiger partial charge in [-0.3, -0.25) is 0 Å². The number of hydrogen-bond donors (Lipinski definition) is 0. The minimum absolute atomic E-state index is 0.0913. The van der Waals surface area contributed by atoms with Gasteiger partial charge in [0.15, 0.2) is 0 Å². The highest BCUT2D eigenvalue weighted by Crippen LogP contribution is 2.37. The van der Waals surface area contributed by atoms with E-state index >= 15 is 0 Å². The van der Waals surface area contributed by atoms with Crippen molar-refractivity contribution < 1.29 is 13.7 Å². The molecule has 0 aliphatic rings. The highest BCUT2D eigenvalue weighted by atomic mass is 28.4. The lowest BCUT2D eigenvalue weighted by Gasteiger charge is -2.43. The number of hydrogen-bond acceptors (Lipinski definition) is 2. The van der Waals surface area contributed by atoms with Gasteiger partial charge in [0.1, 0.15) is 25.2 Å². The van der Waals surface area contributed by atoms with Crippen LogP contribution in [0.3, 0.4) is 0 Å². The normalized spacial score (nSPS) is 12.0. The van der Waals surface area contributed by atoms with Crippen molar-refractivity contribution in [3.05, 3.63) is 162 Å². The third-order valence-corrected chi connectivity index (χ3v) is 13.4. The summed E-state index contributed by atoms with van der Waals surface area (Å²) in [5.74, 6) is 1.72. The molecule has 0 amide bonds. The standard InChI is InChI=1S/C41H40NO2Si/c1-41(2,3)45(38-14-7-5-8-15-38,39-16-9-6-10-17-39)44-37-29-22-33(23-30-37)31-43-36-27-20-32(21-28-36)19-25-35-26-24-34-13-11-12-18-40(34)42(35)4/h5-30H,31H2,1-4H3/q+1. The maximum Gasteiger partial charge on any atom is 0.319 e. The summed E-state index contributed by atoms with van der Waals surface area (Å²) in [6, 6.07) is 50.8. The second kappa shape index (κ2) is 13.0. The molecule has 5 aromatic carbocycles. The van der Waals surface area contributed by atoms with Gasteiger partial charge in [0.2, 0.25) is 11.2 Å². The van der Waals surface area contributed by atoms with E-state index in [2.05, 4.69) is 178 Å². The second-order valence-electron chi connectivity index (χ2n) is 12.5. The number of fused-ring (bicyclic) bond motifs is 1. The molecule has 45 heavy (non-hydrogen) atoms. The molecule has 6 rings (SSSR count). The van der Waals surface area contributed by atoms with Crippen molar-refractivity contribution in [2.45, 2.75) is 32.4 Å². The first-order valence-electron chi connectivity index (χ1n) is 15.5. The van der Waals surface area contributed by atoms with Gasteiger partial charge in [0.25, 0.3) is 0 Å². The van der Waals surface area contributed by atoms with E-state index in [0.29, 0.717) is 6.61 Å². The van der Waals surface area contributed by atoms with Crippen molar-refractivity contribution in [2.24, 2.45) is 7.05 Å². The van der Waals surface area contributed by atoms with Crippen LogP contribution in [0.2, 0.25) is 5.04 Å². The number of ether oxygens (including phenoxy) is 1. The van der Waals surface area contributed by atoms with E-state index in [1.54, 1.807) is 0 Å². The highest BCUT2D eigenvalue weighted by Gasteiger charge is 2.52. The monoisotopic (exact) mass is 606 g/mol. The molecule has 224 valence electrons. The average Bonchev–Trinajstić information content (AvgIpc) is 3.07. The van der Waals surface area contributed by atoms with E-state index in [4.69, 9.17) is 9.16 Å². The lowest BCUT2D eigenvalue weighted by Crippen LogP contribution is -2.68. The maximum atomic E-state index is 7.14. The molecule has 0 aliphatic heterocycles. The van der Waals surface area contributed by atoms with Crippen LogP contribution in [-0.4, -0.2) is 8.32 Å². The Balaban J connectivity index is 1.14. The van der Waals surface area contributed by atoms with E-state index in [0.717, 1.165) is 28.3 Å². The third kappa shape index (κ3) is 6.47. The first kappa shape index (κ1) is 30.1. The Morgan fingerprint density at radius 2 is 1.18 bits per heavy atom. The summed E-state index contributed by atoms with van der Waals surface area (Å²) in [6.07, 6.45) is 4.29. The van der Waals surface area contributed by atoms with Crippen LogP contribution in [0.4, 0.5) is 0 Å². The largest absolute Gasteiger partial charge is 0.534 e. The average molecular weight is 607 g/mol. The van der Waals surface area contributed by atoms with Crippen LogP contribution < -0.4 is 24.1 Å². The number of benzene rings is 5. The number of aromatic nitrogens is 1. The Morgan fingerprint density at radius 3 is 1.80 bits per heavy atom. The molecule has 0 unspecified atom stereocenters. The van der Waals surface area contributed by atoms with E-state index in [1.165, 1.54) is 21.3 Å². The Bertz CT molecular complexity index is 1850. The van der Waals surface area contributed by atoms with Crippen LogP contribution >= 0.6 is 0 Å². The molecule has 1 aromatic heterocycles. The zero-order valence-corrected chi connectivity index (χ0v) is 27.5. The van der Waals surface area contributed by atoms with Crippen LogP contribution in [0.1, 0.15) is 37.6 Å². The quantitative estimate of drug-likeness (QED) is 0.122. The number of pyridine rings is 1. The molecule has 0 radical (unpaired) electrons. The van der Waals surface area contributed by atoms with Gasteiger partial charge in [-0.25, -0.2) is 0 Å². The SMILES string of the molecule is C[n+]1c(C=Cc2ccc(OCc3ccc(O[Si](c4ccccc4)(c4ccccc4)C(C)(C)C)cc3)cc2)ccc2ccccc21. The highest BCUT2D eigenvalue weighted by molar-refractivity contribution is 7.00. The van der Waals surface area contributed by atoms with Crippen LogP contribution in [0, 0.1) is 0 Å². The van der Waals surface area contributed by atoms with Crippen molar-refractivity contribution in [1.29, 1.82) is 0 Å². The zero-order chi connectivity index (χ0) is 31.3. The molecule has 0 spiro atoms. The van der Waals surface area contributed by atoms with Gasteiger partial charge in [-0.15, -0.1) is 0 Å². The molecule has 0 aliphatic carbocycles. The Kier molecular flexibility index (Phi) is 8.68. The third-order valence-electron chi connectivity index (χ3n) is 8.46. The van der Waals surface area contributed by atoms with Gasteiger partial charge < -0.3 is 9.16 Å². The second-order valence-corrected chi connectivity index (χ2v) is 16.7. The number of rotatable bonds is 9. The molecule has 0 saturated carbocycles. The first-order chi connectivity index (χ1) is 21.8. The van der Waals surface area contributed by atoms with Gasteiger partial charge in [-0.05, 0) is 69.0 Å². The molecule has 0 bridgehead atoms. The summed E-state index contributed by atoms with van der Waals surface area (Å²) in [6.45, 7) is 7.38. The van der Waals surface area contributed by atoms with E-state index < -0.39 is 8.32 Å². The predicted octanol–water partition coefficient (Wildman–Crippen LogP) is 8.35. The summed E-state index contributed by atoms with van der Waals surface area (Å²) in [5.41, 5.74) is 4.58. The van der Waals surface area contributed by atoms with Crippen molar-refractivity contribution >= 4 is 41.7 Å². The molecule has 0 atom stereocenters. The van der Waals surface area contributed by atoms with Crippen molar-refractivity contribution in [2.75, 3.05) is 0 Å². The Morgan fingerprint density at radius 1 is 0.600 bits per heavy atom. The van der Waals surface area contributed by atoms with Crippen LogP contribution in [-0.2, 0) is 13.7 Å².